The molecule has 0 aliphatic rings. The predicted molar refractivity (Wildman–Crippen MR) is 381 cm³/mol. The quantitative estimate of drug-likeness (QED) is 0.0357. The van der Waals surface area contributed by atoms with Crippen LogP contribution < -0.4 is 0 Å². The van der Waals surface area contributed by atoms with E-state index in [0.717, 1.165) is 45.2 Å². The van der Waals surface area contributed by atoms with Gasteiger partial charge in [-0.3, -0.25) is 0 Å². The summed E-state index contributed by atoms with van der Waals surface area (Å²) in [6.45, 7) is 9.29. The maximum atomic E-state index is 5.15. The minimum atomic E-state index is 0.692. The van der Waals surface area contributed by atoms with Crippen molar-refractivity contribution in [2.45, 2.75) is 297 Å². The number of benzene rings is 2. The molecule has 2 aromatic carbocycles. The van der Waals surface area contributed by atoms with Crippen molar-refractivity contribution in [3.05, 3.63) is 70.4 Å². The number of aromatic nitrogens is 4. The fourth-order valence-electron chi connectivity index (χ4n) is 13.3. The Kier molecular flexibility index (Phi) is 31.3. The van der Waals surface area contributed by atoms with E-state index in [9.17, 15) is 0 Å². The summed E-state index contributed by atoms with van der Waals surface area (Å²) in [5.41, 5.74) is 9.47. The molecule has 0 amide bonds. The molecule has 8 rings (SSSR count). The number of hydrogen-bond donors (Lipinski definition) is 0. The van der Waals surface area contributed by atoms with Crippen molar-refractivity contribution in [2.75, 3.05) is 0 Å². The molecule has 0 N–H and O–H groups in total. The van der Waals surface area contributed by atoms with Crippen molar-refractivity contribution in [2.24, 2.45) is 11.8 Å². The van der Waals surface area contributed by atoms with Crippen LogP contribution in [0.5, 0.6) is 0 Å². The molecular weight excluding hydrogens is 1140 g/mol. The molecule has 84 heavy (non-hydrogen) atoms. The first kappa shape index (κ1) is 67.1. The summed E-state index contributed by atoms with van der Waals surface area (Å²) >= 11 is 10.4. The van der Waals surface area contributed by atoms with Crippen LogP contribution in [0.25, 0.3) is 73.2 Å². The van der Waals surface area contributed by atoms with E-state index in [1.807, 2.05) is 45.3 Å². The van der Waals surface area contributed by atoms with E-state index in [1.165, 1.54) is 338 Å². The zero-order valence-electron chi connectivity index (χ0n) is 52.9. The first-order valence-electron chi connectivity index (χ1n) is 34.8. The first-order valence-corrected chi connectivity index (χ1v) is 39.6. The monoisotopic (exact) mass is 1240 g/mol. The third-order valence-electron chi connectivity index (χ3n) is 18.3. The number of nitrogens with zero attached hydrogens (tertiary/aromatic N) is 4. The molecule has 0 aliphatic heterocycles. The van der Waals surface area contributed by atoms with Crippen molar-refractivity contribution in [3.8, 4) is 40.4 Å². The highest BCUT2D eigenvalue weighted by Gasteiger charge is 2.24. The van der Waals surface area contributed by atoms with Crippen LogP contribution >= 0.6 is 68.8 Å². The molecule has 2 atom stereocenters. The molecule has 6 aromatic heterocycles. The number of fused-ring (bicyclic) bond motifs is 5. The van der Waals surface area contributed by atoms with Gasteiger partial charge in [0, 0.05) is 51.2 Å². The van der Waals surface area contributed by atoms with E-state index in [1.54, 1.807) is 0 Å². The molecule has 10 heteroatoms. The Morgan fingerprint density at radius 1 is 0.345 bits per heavy atom. The highest BCUT2D eigenvalue weighted by molar-refractivity contribution is 7.27. The van der Waals surface area contributed by atoms with Gasteiger partial charge in [0.15, 0.2) is 0 Å². The molecule has 0 saturated carbocycles. The molecule has 0 spiro atoms. The average molecular weight is 1250 g/mol. The van der Waals surface area contributed by atoms with Gasteiger partial charge in [-0.05, 0) is 89.0 Å². The predicted octanol–water partition coefficient (Wildman–Crippen LogP) is 27.8. The smallest absolute Gasteiger partial charge is 0.114 e. The highest BCUT2D eigenvalue weighted by atomic mass is 32.1. The Bertz CT molecular complexity index is 2990. The lowest BCUT2D eigenvalue weighted by molar-refractivity contribution is 0.400. The van der Waals surface area contributed by atoms with Gasteiger partial charge in [0.05, 0.1) is 23.5 Å². The Morgan fingerprint density at radius 3 is 1.19 bits per heavy atom. The van der Waals surface area contributed by atoms with E-state index >= 15 is 0 Å². The maximum absolute atomic E-state index is 5.15. The minimum absolute atomic E-state index is 0.692. The fourth-order valence-corrected chi connectivity index (χ4v) is 18.6. The first-order chi connectivity index (χ1) is 41.6. The van der Waals surface area contributed by atoms with Gasteiger partial charge in [-0.25, -0.2) is 0 Å². The summed E-state index contributed by atoms with van der Waals surface area (Å²) < 4.78 is 20.5. The summed E-state index contributed by atoms with van der Waals surface area (Å²) in [5.74, 6) is 1.45. The summed E-state index contributed by atoms with van der Waals surface area (Å²) in [6, 6.07) is 19.2. The van der Waals surface area contributed by atoms with Crippen LogP contribution in [0.4, 0.5) is 0 Å². The van der Waals surface area contributed by atoms with E-state index in [-0.39, 0.29) is 0 Å². The lowest BCUT2D eigenvalue weighted by atomic mass is 9.88. The second-order valence-corrected chi connectivity index (χ2v) is 30.5. The molecule has 0 saturated heterocycles. The normalized spacial score (nSPS) is 12.8. The molecule has 460 valence electrons. The van der Waals surface area contributed by atoms with Gasteiger partial charge in [0.25, 0.3) is 0 Å². The molecule has 6 heterocycles. The van der Waals surface area contributed by atoms with Crippen LogP contribution in [0.2, 0.25) is 0 Å². The zero-order chi connectivity index (χ0) is 58.2. The molecular formula is C74H108N4S6. The third kappa shape index (κ3) is 21.4. The molecule has 4 nitrogen and oxygen atoms in total. The lowest BCUT2D eigenvalue weighted by Crippen LogP contribution is -2.05. The van der Waals surface area contributed by atoms with Crippen molar-refractivity contribution >= 4 is 102 Å². The number of hydrogen-bond acceptors (Lipinski definition) is 10. The van der Waals surface area contributed by atoms with Gasteiger partial charge in [-0.15, -0.1) is 45.3 Å². The van der Waals surface area contributed by atoms with Gasteiger partial charge in [-0.1, -0.05) is 291 Å². The van der Waals surface area contributed by atoms with Gasteiger partial charge < -0.3 is 0 Å². The van der Waals surface area contributed by atoms with Gasteiger partial charge in [0.1, 0.15) is 22.1 Å². The van der Waals surface area contributed by atoms with Crippen molar-refractivity contribution in [3.63, 3.8) is 0 Å². The lowest BCUT2D eigenvalue weighted by Gasteiger charge is -2.17. The van der Waals surface area contributed by atoms with Crippen LogP contribution in [-0.4, -0.2) is 17.5 Å². The van der Waals surface area contributed by atoms with Crippen LogP contribution in [0.1, 0.15) is 296 Å². The standard InChI is InChI=1S/C74H108N4S6/c1-5-9-13-17-21-25-27-31-34-38-43-57(42-37-33-29-23-19-15-11-7-3)50-59-52-68(80-56-59)63-54-61-62(70-72(63)77-83-75-70)55-64(73-71(61)76-84-78-73)69-53-60(74(82-69)67-48-47-66(81-67)65-46-41-49-79-65)51-58(44-39-35-30-24-20-16-12-8-4)45-40-36-32-28-26-22-18-14-10-6-2/h41,46-49,52-58H,5-40,42-45,50-51H2,1-4H3. The van der Waals surface area contributed by atoms with Gasteiger partial charge in [-0.2, -0.15) is 17.5 Å². The zero-order valence-corrected chi connectivity index (χ0v) is 57.8. The van der Waals surface area contributed by atoms with E-state index in [4.69, 9.17) is 17.5 Å². The molecule has 0 fully saturated rings. The average Bonchev–Trinajstić information content (AvgIpc) is 3.84. The number of thiophene rings is 4. The molecule has 0 bridgehead atoms. The van der Waals surface area contributed by atoms with E-state index in [2.05, 4.69) is 87.0 Å². The molecule has 8 aromatic rings. The maximum Gasteiger partial charge on any atom is 0.114 e. The second kappa shape index (κ2) is 39.2. The van der Waals surface area contributed by atoms with Crippen molar-refractivity contribution in [1.82, 2.24) is 17.5 Å². The summed E-state index contributed by atoms with van der Waals surface area (Å²) in [5, 5.41) is 6.98. The van der Waals surface area contributed by atoms with E-state index in [0.29, 0.717) is 5.92 Å². The molecule has 2 unspecified atom stereocenters. The van der Waals surface area contributed by atoms with E-state index < -0.39 is 0 Å². The van der Waals surface area contributed by atoms with Crippen LogP contribution in [0.15, 0.2) is 59.3 Å². The SMILES string of the molecule is CCCCCCCCCCCCC(CCCCCCCCCC)Cc1csc(-c2cc3c(cc(-c4cc(CC(CCCCCCCCCC)CCCCCCCCCCCC)c(-c5ccc(-c6cccs6)s5)s4)c4nsnc43)c3nsnc23)c1. The van der Waals surface area contributed by atoms with Gasteiger partial charge in [0.2, 0.25) is 0 Å². The Balaban J connectivity index is 1.02. The summed E-state index contributed by atoms with van der Waals surface area (Å²) in [4.78, 5) is 8.18. The Morgan fingerprint density at radius 2 is 0.750 bits per heavy atom. The highest BCUT2D eigenvalue weighted by Crippen LogP contribution is 2.48. The fraction of sp³-hybridized carbons (Fsp3) is 0.649. The number of unbranched alkanes of at least 4 members (excludes halogenated alkanes) is 32. The third-order valence-corrected chi connectivity index (χ3v) is 24.0. The van der Waals surface area contributed by atoms with Gasteiger partial charge >= 0.3 is 0 Å². The summed E-state index contributed by atoms with van der Waals surface area (Å²) in [7, 11) is 0. The summed E-state index contributed by atoms with van der Waals surface area (Å²) in [6.07, 6.45) is 57.9. The van der Waals surface area contributed by atoms with Crippen LogP contribution in [-0.2, 0) is 12.8 Å². The van der Waals surface area contributed by atoms with Crippen LogP contribution in [0.3, 0.4) is 0 Å². The second-order valence-electron chi connectivity index (χ2n) is 25.4. The minimum Gasteiger partial charge on any atom is -0.172 e. The number of rotatable bonds is 48. The largest absolute Gasteiger partial charge is 0.172 e. The Labute approximate surface area is 535 Å². The van der Waals surface area contributed by atoms with Crippen LogP contribution in [0, 0.1) is 11.8 Å². The Hall–Kier alpha value is -2.86. The molecule has 0 radical (unpaired) electrons. The topological polar surface area (TPSA) is 51.6 Å². The van der Waals surface area contributed by atoms with Crippen molar-refractivity contribution in [1.29, 1.82) is 0 Å². The molecule has 0 aliphatic carbocycles. The van der Waals surface area contributed by atoms with Crippen molar-refractivity contribution < 1.29 is 0 Å².